The lowest BCUT2D eigenvalue weighted by Gasteiger charge is -2.35. The molecule has 154 valence electrons. The molecule has 0 aromatic heterocycles. The van der Waals surface area contributed by atoms with Gasteiger partial charge in [0.05, 0.1) is 24.7 Å². The van der Waals surface area contributed by atoms with Crippen LogP contribution in [0.25, 0.3) is 0 Å². The van der Waals surface area contributed by atoms with Crippen molar-refractivity contribution >= 4 is 35.2 Å². The molecule has 28 heavy (non-hydrogen) atoms. The Morgan fingerprint density at radius 1 is 1.00 bits per heavy atom. The minimum absolute atomic E-state index is 0.0448. The molecule has 2 saturated heterocycles. The van der Waals surface area contributed by atoms with Crippen molar-refractivity contribution in [1.82, 2.24) is 14.7 Å². The third-order valence-electron chi connectivity index (χ3n) is 4.98. The van der Waals surface area contributed by atoms with Crippen molar-refractivity contribution in [3.05, 3.63) is 34.6 Å². The molecular formula is C19H25ClFN3O3S. The van der Waals surface area contributed by atoms with Gasteiger partial charge in [0.2, 0.25) is 11.8 Å². The zero-order valence-electron chi connectivity index (χ0n) is 15.7. The van der Waals surface area contributed by atoms with Gasteiger partial charge in [-0.3, -0.25) is 14.5 Å². The SMILES string of the molecule is O=C(CSCC(=O)N1CCN(Cc2c(F)cccc2Cl)CC1)N1CCOCC1. The van der Waals surface area contributed by atoms with Crippen LogP contribution in [0.4, 0.5) is 4.39 Å². The molecular weight excluding hydrogens is 405 g/mol. The van der Waals surface area contributed by atoms with Gasteiger partial charge in [0.15, 0.2) is 0 Å². The molecule has 6 nitrogen and oxygen atoms in total. The lowest BCUT2D eigenvalue weighted by molar-refractivity contribution is -0.132. The van der Waals surface area contributed by atoms with E-state index in [4.69, 9.17) is 16.3 Å². The number of hydrogen-bond acceptors (Lipinski definition) is 5. The third kappa shape index (κ3) is 5.83. The van der Waals surface area contributed by atoms with Gasteiger partial charge in [0.25, 0.3) is 0 Å². The van der Waals surface area contributed by atoms with E-state index in [1.165, 1.54) is 17.8 Å². The monoisotopic (exact) mass is 429 g/mol. The van der Waals surface area contributed by atoms with E-state index in [-0.39, 0.29) is 17.6 Å². The lowest BCUT2D eigenvalue weighted by atomic mass is 10.2. The van der Waals surface area contributed by atoms with Crippen LogP contribution in [-0.4, -0.2) is 90.5 Å². The van der Waals surface area contributed by atoms with E-state index < -0.39 is 0 Å². The number of piperazine rings is 1. The van der Waals surface area contributed by atoms with Gasteiger partial charge in [0.1, 0.15) is 5.82 Å². The Balaban J connectivity index is 1.37. The summed E-state index contributed by atoms with van der Waals surface area (Å²) in [7, 11) is 0. The summed E-state index contributed by atoms with van der Waals surface area (Å²) in [5, 5.41) is 0.430. The fraction of sp³-hybridized carbons (Fsp3) is 0.579. The van der Waals surface area contributed by atoms with Gasteiger partial charge in [-0.05, 0) is 12.1 Å². The average Bonchev–Trinajstić information content (AvgIpc) is 2.72. The van der Waals surface area contributed by atoms with Crippen LogP contribution < -0.4 is 0 Å². The van der Waals surface area contributed by atoms with Gasteiger partial charge in [-0.2, -0.15) is 0 Å². The Kier molecular flexibility index (Phi) is 7.96. The molecule has 0 atom stereocenters. The zero-order chi connectivity index (χ0) is 19.9. The Morgan fingerprint density at radius 3 is 2.21 bits per heavy atom. The number of halogens is 2. The van der Waals surface area contributed by atoms with Crippen LogP contribution in [0.5, 0.6) is 0 Å². The molecule has 2 fully saturated rings. The Hall–Kier alpha value is -1.35. The van der Waals surface area contributed by atoms with E-state index in [0.717, 1.165) is 0 Å². The van der Waals surface area contributed by atoms with Crippen LogP contribution in [0.1, 0.15) is 5.56 Å². The van der Waals surface area contributed by atoms with E-state index in [2.05, 4.69) is 4.90 Å². The van der Waals surface area contributed by atoms with Gasteiger partial charge in [0, 0.05) is 56.4 Å². The zero-order valence-corrected chi connectivity index (χ0v) is 17.3. The molecule has 0 saturated carbocycles. The maximum atomic E-state index is 13.9. The smallest absolute Gasteiger partial charge is 0.232 e. The summed E-state index contributed by atoms with van der Waals surface area (Å²) < 4.78 is 19.2. The summed E-state index contributed by atoms with van der Waals surface area (Å²) in [6.07, 6.45) is 0. The molecule has 2 aliphatic rings. The Morgan fingerprint density at radius 2 is 1.61 bits per heavy atom. The van der Waals surface area contributed by atoms with E-state index in [9.17, 15) is 14.0 Å². The number of ether oxygens (including phenoxy) is 1. The van der Waals surface area contributed by atoms with Gasteiger partial charge in [-0.25, -0.2) is 4.39 Å². The van der Waals surface area contributed by atoms with Crippen LogP contribution >= 0.6 is 23.4 Å². The normalized spacial score (nSPS) is 18.4. The van der Waals surface area contributed by atoms with Crippen LogP contribution in [0, 0.1) is 5.82 Å². The molecule has 0 radical (unpaired) electrons. The number of carbonyl (C=O) groups excluding carboxylic acids is 2. The fourth-order valence-electron chi connectivity index (χ4n) is 3.28. The maximum absolute atomic E-state index is 13.9. The first-order valence-electron chi connectivity index (χ1n) is 9.41. The van der Waals surface area contributed by atoms with Crippen LogP contribution in [0.15, 0.2) is 18.2 Å². The summed E-state index contributed by atoms with van der Waals surface area (Å²) in [5.41, 5.74) is 0.501. The number of morpholine rings is 1. The number of benzene rings is 1. The van der Waals surface area contributed by atoms with Crippen LogP contribution in [0.2, 0.25) is 5.02 Å². The molecule has 9 heteroatoms. The second-order valence-electron chi connectivity index (χ2n) is 6.84. The van der Waals surface area contributed by atoms with Gasteiger partial charge in [-0.1, -0.05) is 17.7 Å². The van der Waals surface area contributed by atoms with E-state index >= 15 is 0 Å². The second kappa shape index (κ2) is 10.4. The summed E-state index contributed by atoms with van der Waals surface area (Å²) in [6, 6.07) is 4.70. The molecule has 0 bridgehead atoms. The molecule has 3 rings (SSSR count). The summed E-state index contributed by atoms with van der Waals surface area (Å²) in [4.78, 5) is 30.2. The van der Waals surface area contributed by atoms with E-state index in [1.54, 1.807) is 17.0 Å². The quantitative estimate of drug-likeness (QED) is 0.689. The van der Waals surface area contributed by atoms with E-state index in [1.807, 2.05) is 4.90 Å². The number of thioether (sulfide) groups is 1. The molecule has 0 aliphatic carbocycles. The Bertz CT molecular complexity index is 675. The van der Waals surface area contributed by atoms with Crippen LogP contribution in [-0.2, 0) is 20.9 Å². The lowest BCUT2D eigenvalue weighted by Crippen LogP contribution is -2.49. The standard InChI is InChI=1S/C19H25ClFN3O3S/c20-16-2-1-3-17(21)15(16)12-22-4-6-23(7-5-22)18(25)13-28-14-19(26)24-8-10-27-11-9-24/h1-3H,4-14H2. The van der Waals surface area contributed by atoms with Crippen molar-refractivity contribution in [2.75, 3.05) is 64.0 Å². The summed E-state index contributed by atoms with van der Waals surface area (Å²) in [6.45, 7) is 5.40. The number of hydrogen-bond donors (Lipinski definition) is 0. The highest BCUT2D eigenvalue weighted by Crippen LogP contribution is 2.21. The highest BCUT2D eigenvalue weighted by atomic mass is 35.5. The number of nitrogens with zero attached hydrogens (tertiary/aromatic N) is 3. The number of carbonyl (C=O) groups is 2. The Labute approximate surface area is 173 Å². The first-order valence-corrected chi connectivity index (χ1v) is 10.9. The van der Waals surface area contributed by atoms with Gasteiger partial charge in [-0.15, -0.1) is 11.8 Å². The predicted molar refractivity (Wildman–Crippen MR) is 108 cm³/mol. The van der Waals surface area contributed by atoms with Crippen molar-refractivity contribution in [1.29, 1.82) is 0 Å². The van der Waals surface area contributed by atoms with Gasteiger partial charge >= 0.3 is 0 Å². The topological polar surface area (TPSA) is 53.1 Å². The first kappa shape index (κ1) is 21.4. The third-order valence-corrected chi connectivity index (χ3v) is 6.24. The maximum Gasteiger partial charge on any atom is 0.232 e. The van der Waals surface area contributed by atoms with Crippen molar-refractivity contribution in [3.8, 4) is 0 Å². The fourth-order valence-corrected chi connectivity index (χ4v) is 4.32. The average molecular weight is 430 g/mol. The molecule has 1 aromatic rings. The summed E-state index contributed by atoms with van der Waals surface area (Å²) in [5.74, 6) is 0.426. The molecule has 0 spiro atoms. The summed E-state index contributed by atoms with van der Waals surface area (Å²) >= 11 is 7.46. The van der Waals surface area contributed by atoms with Gasteiger partial charge < -0.3 is 14.5 Å². The highest BCUT2D eigenvalue weighted by Gasteiger charge is 2.23. The minimum Gasteiger partial charge on any atom is -0.378 e. The molecule has 1 aromatic carbocycles. The molecule has 2 aliphatic heterocycles. The first-order chi connectivity index (χ1) is 13.5. The molecule has 2 amide bonds. The van der Waals surface area contributed by atoms with Crippen molar-refractivity contribution < 1.29 is 18.7 Å². The largest absolute Gasteiger partial charge is 0.378 e. The number of rotatable bonds is 6. The predicted octanol–water partition coefficient (Wildman–Crippen LogP) is 1.72. The second-order valence-corrected chi connectivity index (χ2v) is 8.24. The number of amides is 2. The highest BCUT2D eigenvalue weighted by molar-refractivity contribution is 8.00. The molecule has 0 unspecified atom stereocenters. The van der Waals surface area contributed by atoms with Crippen molar-refractivity contribution in [2.24, 2.45) is 0 Å². The molecule has 2 heterocycles. The molecule has 0 N–H and O–H groups in total. The van der Waals surface area contributed by atoms with Crippen LogP contribution in [0.3, 0.4) is 0 Å². The van der Waals surface area contributed by atoms with Crippen molar-refractivity contribution in [3.63, 3.8) is 0 Å². The van der Waals surface area contributed by atoms with Crippen molar-refractivity contribution in [2.45, 2.75) is 6.54 Å². The minimum atomic E-state index is -0.299. The van der Waals surface area contributed by atoms with E-state index in [0.29, 0.717) is 81.1 Å².